The van der Waals surface area contributed by atoms with Crippen molar-refractivity contribution in [2.24, 2.45) is 5.92 Å². The first-order chi connectivity index (χ1) is 24.4. The molecule has 0 saturated carbocycles. The van der Waals surface area contributed by atoms with Gasteiger partial charge in [-0.25, -0.2) is 4.98 Å². The molecule has 0 unspecified atom stereocenters. The topological polar surface area (TPSA) is 33.5 Å². The number of hydrogen-bond donors (Lipinski definition) is 0. The molecule has 0 saturated heterocycles. The van der Waals surface area contributed by atoms with E-state index in [4.69, 9.17) is 9.72 Å². The Labute approximate surface area is 315 Å². The van der Waals surface area contributed by atoms with Gasteiger partial charge in [0.15, 0.2) is 0 Å². The third kappa shape index (κ3) is 6.96. The second-order valence-electron chi connectivity index (χ2n) is 13.6. The Bertz CT molecular complexity index is 2340. The SMILES string of the molecule is CC(C)Cc1ccnc(-n2c3[c-]c(Oc4[c-]c(N5C=CN(c6ccc(C(C)C)cc6-c6ccccc6)[CH-]5)ccc4)ccc3c3ccccc32)c1.[Pt]. The zero-order valence-electron chi connectivity index (χ0n) is 29.2. The van der Waals surface area contributed by atoms with E-state index in [1.165, 1.54) is 22.3 Å². The van der Waals surface area contributed by atoms with Crippen molar-refractivity contribution in [3.05, 3.63) is 164 Å². The van der Waals surface area contributed by atoms with E-state index in [1.807, 2.05) is 30.5 Å². The fraction of sp³-hybridized carbons (Fsp3) is 0.156. The van der Waals surface area contributed by atoms with Gasteiger partial charge in [-0.2, -0.15) is 12.1 Å². The van der Waals surface area contributed by atoms with Gasteiger partial charge in [-0.1, -0.05) is 87.8 Å². The molecular formula is C45H39N4OPt-3. The van der Waals surface area contributed by atoms with Crippen LogP contribution in [0.2, 0.25) is 0 Å². The van der Waals surface area contributed by atoms with E-state index in [1.54, 1.807) is 0 Å². The molecule has 0 atom stereocenters. The van der Waals surface area contributed by atoms with E-state index in [2.05, 4.69) is 164 Å². The number of para-hydroxylation sites is 1. The number of aromatic nitrogens is 2. The number of ether oxygens (including phenoxy) is 1. The summed E-state index contributed by atoms with van der Waals surface area (Å²) < 4.78 is 8.64. The summed E-state index contributed by atoms with van der Waals surface area (Å²) in [5.74, 6) is 3.11. The molecule has 5 nitrogen and oxygen atoms in total. The van der Waals surface area contributed by atoms with Crippen LogP contribution < -0.4 is 14.5 Å². The van der Waals surface area contributed by atoms with E-state index in [9.17, 15) is 0 Å². The largest absolute Gasteiger partial charge is 0.509 e. The van der Waals surface area contributed by atoms with E-state index >= 15 is 0 Å². The minimum Gasteiger partial charge on any atom is -0.509 e. The summed E-state index contributed by atoms with van der Waals surface area (Å²) in [7, 11) is 0. The van der Waals surface area contributed by atoms with Gasteiger partial charge in [0, 0.05) is 55.5 Å². The number of pyridine rings is 1. The van der Waals surface area contributed by atoms with E-state index in [-0.39, 0.29) is 21.1 Å². The predicted molar refractivity (Wildman–Crippen MR) is 206 cm³/mol. The molecule has 258 valence electrons. The summed E-state index contributed by atoms with van der Waals surface area (Å²) in [5.41, 5.74) is 9.00. The molecule has 0 bridgehead atoms. The van der Waals surface area contributed by atoms with E-state index in [0.29, 0.717) is 23.3 Å². The van der Waals surface area contributed by atoms with Crippen molar-refractivity contribution in [3.63, 3.8) is 0 Å². The van der Waals surface area contributed by atoms with Gasteiger partial charge in [0.2, 0.25) is 0 Å². The predicted octanol–water partition coefficient (Wildman–Crippen LogP) is 11.5. The average Bonchev–Trinajstić information content (AvgIpc) is 3.75. The maximum absolute atomic E-state index is 6.45. The van der Waals surface area contributed by atoms with Crippen molar-refractivity contribution in [1.29, 1.82) is 0 Å². The Morgan fingerprint density at radius 2 is 1.51 bits per heavy atom. The first-order valence-corrected chi connectivity index (χ1v) is 17.3. The maximum atomic E-state index is 6.45. The van der Waals surface area contributed by atoms with Crippen LogP contribution >= 0.6 is 0 Å². The molecule has 51 heavy (non-hydrogen) atoms. The minimum absolute atomic E-state index is 0. The Balaban J connectivity index is 0.00000406. The van der Waals surface area contributed by atoms with Crippen LogP contribution in [0.15, 0.2) is 134 Å². The number of nitrogens with zero attached hydrogens (tertiary/aromatic N) is 4. The monoisotopic (exact) mass is 846 g/mol. The first kappa shape index (κ1) is 34.3. The summed E-state index contributed by atoms with van der Waals surface area (Å²) in [6.45, 7) is 11.0. The van der Waals surface area contributed by atoms with Crippen molar-refractivity contribution >= 4 is 33.2 Å². The zero-order valence-corrected chi connectivity index (χ0v) is 31.4. The van der Waals surface area contributed by atoms with E-state index in [0.717, 1.165) is 45.4 Å². The van der Waals surface area contributed by atoms with Gasteiger partial charge in [-0.3, -0.25) is 0 Å². The standard InChI is InChI=1S/C45H39N4O.Pt/c1-31(2)25-33-21-22-46-45(26-33)49-43-16-9-8-15-39(43)40-19-18-38(29-44(40)49)50-37-14-10-13-36(28-37)47-23-24-48(30-47)42-20-17-35(32(3)4)27-41(42)34-11-6-5-7-12-34;/h5-24,26-27,30-32H,25H2,1-4H3;/q-3;. The molecule has 0 spiro atoms. The third-order valence-electron chi connectivity index (χ3n) is 9.18. The van der Waals surface area contributed by atoms with Crippen LogP contribution in [-0.4, -0.2) is 9.55 Å². The molecule has 0 amide bonds. The summed E-state index contributed by atoms with van der Waals surface area (Å²) in [4.78, 5) is 9.03. The van der Waals surface area contributed by atoms with Gasteiger partial charge in [-0.15, -0.1) is 48.1 Å². The number of anilines is 2. The molecule has 6 heteroatoms. The van der Waals surface area contributed by atoms with Crippen molar-refractivity contribution in [1.82, 2.24) is 9.55 Å². The molecule has 5 aromatic carbocycles. The van der Waals surface area contributed by atoms with Crippen molar-refractivity contribution in [2.75, 3.05) is 9.80 Å². The minimum atomic E-state index is 0. The summed E-state index contributed by atoms with van der Waals surface area (Å²) in [6.07, 6.45) is 7.04. The molecule has 2 aromatic heterocycles. The van der Waals surface area contributed by atoms with Gasteiger partial charge in [0.25, 0.3) is 0 Å². The van der Waals surface area contributed by atoms with Crippen molar-refractivity contribution in [2.45, 2.75) is 40.0 Å². The van der Waals surface area contributed by atoms with Crippen LogP contribution in [0.5, 0.6) is 11.5 Å². The first-order valence-electron chi connectivity index (χ1n) is 17.3. The third-order valence-corrected chi connectivity index (χ3v) is 9.18. The molecule has 1 aliphatic heterocycles. The Morgan fingerprint density at radius 1 is 0.725 bits per heavy atom. The fourth-order valence-corrected chi connectivity index (χ4v) is 6.74. The summed E-state index contributed by atoms with van der Waals surface area (Å²) >= 11 is 0. The average molecular weight is 847 g/mol. The number of hydrogen-bond acceptors (Lipinski definition) is 4. The molecule has 1 aliphatic rings. The molecule has 0 radical (unpaired) electrons. The van der Waals surface area contributed by atoms with Crippen molar-refractivity contribution in [3.8, 4) is 28.4 Å². The van der Waals surface area contributed by atoms with Crippen LogP contribution in [0, 0.1) is 24.7 Å². The second kappa shape index (κ2) is 14.6. The Kier molecular flexibility index (Phi) is 9.84. The maximum Gasteiger partial charge on any atom is 0.135 e. The molecule has 7 aromatic rings. The van der Waals surface area contributed by atoms with Crippen molar-refractivity contribution < 1.29 is 25.8 Å². The number of fused-ring (bicyclic) bond motifs is 3. The van der Waals surface area contributed by atoms with Crippen LogP contribution in [0.3, 0.4) is 0 Å². The van der Waals surface area contributed by atoms with Crippen LogP contribution in [0.25, 0.3) is 38.8 Å². The zero-order chi connectivity index (χ0) is 34.2. The second-order valence-corrected chi connectivity index (χ2v) is 13.6. The normalized spacial score (nSPS) is 12.7. The molecule has 0 aliphatic carbocycles. The molecule has 3 heterocycles. The molecule has 0 N–H and O–H groups in total. The van der Waals surface area contributed by atoms with Crippen LogP contribution in [0.4, 0.5) is 11.4 Å². The fourth-order valence-electron chi connectivity index (χ4n) is 6.74. The smallest absolute Gasteiger partial charge is 0.135 e. The quantitative estimate of drug-likeness (QED) is 0.136. The van der Waals surface area contributed by atoms with Gasteiger partial charge < -0.3 is 19.1 Å². The number of rotatable bonds is 9. The van der Waals surface area contributed by atoms with Gasteiger partial charge >= 0.3 is 0 Å². The van der Waals surface area contributed by atoms with Gasteiger partial charge in [0.05, 0.1) is 0 Å². The summed E-state index contributed by atoms with van der Waals surface area (Å²) in [6, 6.07) is 47.2. The molecular weight excluding hydrogens is 808 g/mol. The Morgan fingerprint density at radius 3 is 2.33 bits per heavy atom. The molecule has 8 rings (SSSR count). The van der Waals surface area contributed by atoms with E-state index < -0.39 is 0 Å². The Hall–Kier alpha value is -5.12. The molecule has 0 fully saturated rings. The van der Waals surface area contributed by atoms with Gasteiger partial charge in [-0.05, 0) is 83.1 Å². The number of benzene rings is 5. The van der Waals surface area contributed by atoms with Crippen LogP contribution in [0.1, 0.15) is 44.7 Å². The van der Waals surface area contributed by atoms with Crippen LogP contribution in [-0.2, 0) is 27.5 Å². The summed E-state index contributed by atoms with van der Waals surface area (Å²) in [5, 5.41) is 2.26. The van der Waals surface area contributed by atoms with Gasteiger partial charge in [0.1, 0.15) is 5.82 Å².